The first-order valence-electron chi connectivity index (χ1n) is 8.47. The van der Waals surface area contributed by atoms with E-state index in [9.17, 15) is 14.9 Å². The molecule has 8 nitrogen and oxygen atoms in total. The van der Waals surface area contributed by atoms with Crippen molar-refractivity contribution in [1.29, 1.82) is 0 Å². The molecule has 0 unspecified atom stereocenters. The minimum Gasteiger partial charge on any atom is -0.410 e. The SMILES string of the molecule is CN(CCCc1ccc(OC(=O)N(C)C)cc1)Oc1ccc([N+](=O)[O-])cc1.Cl. The van der Waals surface area contributed by atoms with Crippen molar-refractivity contribution >= 4 is 24.2 Å². The second-order valence-electron chi connectivity index (χ2n) is 6.20. The van der Waals surface area contributed by atoms with Crippen LogP contribution in [0.3, 0.4) is 0 Å². The fourth-order valence-corrected chi connectivity index (χ4v) is 2.28. The van der Waals surface area contributed by atoms with Gasteiger partial charge in [0.25, 0.3) is 5.69 Å². The van der Waals surface area contributed by atoms with Gasteiger partial charge in [-0.05, 0) is 42.7 Å². The highest BCUT2D eigenvalue weighted by molar-refractivity contribution is 5.85. The van der Waals surface area contributed by atoms with Crippen molar-refractivity contribution in [1.82, 2.24) is 9.96 Å². The van der Waals surface area contributed by atoms with Crippen molar-refractivity contribution in [3.8, 4) is 11.5 Å². The number of hydrogen-bond donors (Lipinski definition) is 0. The lowest BCUT2D eigenvalue weighted by atomic mass is 10.1. The van der Waals surface area contributed by atoms with E-state index in [1.165, 1.54) is 17.0 Å². The van der Waals surface area contributed by atoms with E-state index in [0.29, 0.717) is 18.0 Å². The van der Waals surface area contributed by atoms with Gasteiger partial charge < -0.3 is 14.5 Å². The Morgan fingerprint density at radius 2 is 1.57 bits per heavy atom. The number of amides is 1. The molecule has 0 bridgehead atoms. The van der Waals surface area contributed by atoms with Crippen molar-refractivity contribution in [2.75, 3.05) is 27.7 Å². The minimum absolute atomic E-state index is 0. The molecule has 2 rings (SSSR count). The fraction of sp³-hybridized carbons (Fsp3) is 0.316. The van der Waals surface area contributed by atoms with Gasteiger partial charge in [-0.25, -0.2) is 4.79 Å². The molecule has 0 spiro atoms. The third-order valence-electron chi connectivity index (χ3n) is 3.74. The number of ether oxygens (including phenoxy) is 1. The minimum atomic E-state index is -0.444. The standard InChI is InChI=1S/C19H23N3O5.ClH/c1-20(2)19(23)26-17-10-6-15(7-11-17)5-4-14-21(3)27-18-12-8-16(9-13-18)22(24)25;/h6-13H,4-5,14H2,1-3H3;1H. The van der Waals surface area contributed by atoms with Crippen LogP contribution in [0.15, 0.2) is 48.5 Å². The van der Waals surface area contributed by atoms with Gasteiger partial charge in [0.05, 0.1) is 4.92 Å². The monoisotopic (exact) mass is 409 g/mol. The first-order chi connectivity index (χ1) is 12.8. The molecule has 0 aliphatic rings. The van der Waals surface area contributed by atoms with Crippen LogP contribution in [0.4, 0.5) is 10.5 Å². The molecule has 0 saturated heterocycles. The zero-order valence-corrected chi connectivity index (χ0v) is 16.8. The summed E-state index contributed by atoms with van der Waals surface area (Å²) in [7, 11) is 5.07. The van der Waals surface area contributed by atoms with E-state index >= 15 is 0 Å². The maximum atomic E-state index is 11.5. The van der Waals surface area contributed by atoms with Crippen LogP contribution in [0, 0.1) is 10.1 Å². The number of carbonyl (C=O) groups excluding carboxylic acids is 1. The van der Waals surface area contributed by atoms with E-state index in [1.807, 2.05) is 19.2 Å². The molecule has 0 fully saturated rings. The molecule has 0 saturated carbocycles. The molecule has 28 heavy (non-hydrogen) atoms. The fourth-order valence-electron chi connectivity index (χ4n) is 2.28. The highest BCUT2D eigenvalue weighted by atomic mass is 35.5. The van der Waals surface area contributed by atoms with Gasteiger partial charge >= 0.3 is 6.09 Å². The summed E-state index contributed by atoms with van der Waals surface area (Å²) in [5.41, 5.74) is 1.16. The van der Waals surface area contributed by atoms with E-state index < -0.39 is 11.0 Å². The van der Waals surface area contributed by atoms with Gasteiger partial charge in [-0.2, -0.15) is 0 Å². The summed E-state index contributed by atoms with van der Waals surface area (Å²) in [6.07, 6.45) is 1.30. The molecule has 2 aromatic carbocycles. The van der Waals surface area contributed by atoms with E-state index in [0.717, 1.165) is 18.4 Å². The lowest BCUT2D eigenvalue weighted by molar-refractivity contribution is -0.384. The van der Waals surface area contributed by atoms with Crippen LogP contribution in [-0.4, -0.2) is 48.7 Å². The summed E-state index contributed by atoms with van der Waals surface area (Å²) in [5, 5.41) is 12.3. The van der Waals surface area contributed by atoms with Crippen LogP contribution in [-0.2, 0) is 6.42 Å². The number of rotatable bonds is 8. The van der Waals surface area contributed by atoms with Crippen molar-refractivity contribution in [3.05, 3.63) is 64.2 Å². The van der Waals surface area contributed by atoms with Gasteiger partial charge in [0, 0.05) is 39.8 Å². The summed E-state index contributed by atoms with van der Waals surface area (Å²) in [6, 6.07) is 13.4. The molecule has 0 atom stereocenters. The zero-order valence-electron chi connectivity index (χ0n) is 16.0. The van der Waals surface area contributed by atoms with Crippen LogP contribution in [0.1, 0.15) is 12.0 Å². The zero-order chi connectivity index (χ0) is 19.8. The molecule has 1 amide bonds. The van der Waals surface area contributed by atoms with E-state index in [4.69, 9.17) is 9.57 Å². The van der Waals surface area contributed by atoms with Crippen molar-refractivity contribution in [3.63, 3.8) is 0 Å². The third kappa shape index (κ3) is 7.42. The molecular formula is C19H24ClN3O5. The molecule has 0 radical (unpaired) electrons. The number of hydrogen-bond acceptors (Lipinski definition) is 6. The maximum Gasteiger partial charge on any atom is 0.414 e. The number of nitrogens with zero attached hydrogens (tertiary/aromatic N) is 3. The molecule has 0 heterocycles. The maximum absolute atomic E-state index is 11.5. The van der Waals surface area contributed by atoms with Gasteiger partial charge in [-0.15, -0.1) is 17.5 Å². The van der Waals surface area contributed by atoms with Crippen LogP contribution in [0.25, 0.3) is 0 Å². The molecule has 0 aliphatic heterocycles. The number of nitro groups is 1. The number of benzene rings is 2. The number of halogens is 1. The summed E-state index contributed by atoms with van der Waals surface area (Å²) >= 11 is 0. The van der Waals surface area contributed by atoms with Gasteiger partial charge in [-0.1, -0.05) is 12.1 Å². The van der Waals surface area contributed by atoms with Gasteiger partial charge in [-0.3, -0.25) is 10.1 Å². The van der Waals surface area contributed by atoms with Crippen molar-refractivity contribution < 1.29 is 19.3 Å². The van der Waals surface area contributed by atoms with E-state index in [1.54, 1.807) is 43.4 Å². The van der Waals surface area contributed by atoms with E-state index in [2.05, 4.69) is 0 Å². The molecule has 0 aromatic heterocycles. The summed E-state index contributed by atoms with van der Waals surface area (Å²) in [5.74, 6) is 1.06. The Labute approximate surface area is 170 Å². The molecule has 0 aliphatic carbocycles. The predicted octanol–water partition coefficient (Wildman–Crippen LogP) is 3.94. The molecular weight excluding hydrogens is 386 g/mol. The number of carbonyl (C=O) groups is 1. The first-order valence-corrected chi connectivity index (χ1v) is 8.47. The van der Waals surface area contributed by atoms with Crippen molar-refractivity contribution in [2.45, 2.75) is 12.8 Å². The summed E-state index contributed by atoms with van der Waals surface area (Å²) < 4.78 is 5.18. The van der Waals surface area contributed by atoms with E-state index in [-0.39, 0.29) is 18.1 Å². The van der Waals surface area contributed by atoms with Crippen LogP contribution in [0.2, 0.25) is 0 Å². The Morgan fingerprint density at radius 3 is 2.11 bits per heavy atom. The normalized spacial score (nSPS) is 10.1. The summed E-state index contributed by atoms with van der Waals surface area (Å²) in [6.45, 7) is 0.689. The average Bonchev–Trinajstić information content (AvgIpc) is 2.63. The summed E-state index contributed by atoms with van der Waals surface area (Å²) in [4.78, 5) is 28.7. The van der Waals surface area contributed by atoms with Crippen LogP contribution >= 0.6 is 12.4 Å². The Kier molecular flexibility index (Phi) is 9.20. The Balaban J connectivity index is 0.00000392. The number of non-ortho nitro benzene ring substituents is 1. The predicted molar refractivity (Wildman–Crippen MR) is 108 cm³/mol. The third-order valence-corrected chi connectivity index (χ3v) is 3.74. The first kappa shape index (κ1) is 23.2. The quantitative estimate of drug-likeness (QED) is 0.485. The van der Waals surface area contributed by atoms with Gasteiger partial charge in [0.15, 0.2) is 0 Å². The highest BCUT2D eigenvalue weighted by Crippen LogP contribution is 2.18. The molecule has 2 aromatic rings. The topological polar surface area (TPSA) is 85.2 Å². The lowest BCUT2D eigenvalue weighted by Crippen LogP contribution is -2.25. The Hall–Kier alpha value is -2.84. The lowest BCUT2D eigenvalue weighted by Gasteiger charge is -2.17. The molecule has 0 N–H and O–H groups in total. The van der Waals surface area contributed by atoms with Crippen LogP contribution in [0.5, 0.6) is 11.5 Å². The second-order valence-corrected chi connectivity index (χ2v) is 6.20. The largest absolute Gasteiger partial charge is 0.414 e. The molecule has 152 valence electrons. The second kappa shape index (κ2) is 11.1. The highest BCUT2D eigenvalue weighted by Gasteiger charge is 2.08. The average molecular weight is 410 g/mol. The van der Waals surface area contributed by atoms with Crippen LogP contribution < -0.4 is 9.57 Å². The Bertz CT molecular complexity index is 766. The smallest absolute Gasteiger partial charge is 0.410 e. The van der Waals surface area contributed by atoms with Gasteiger partial charge in [0.2, 0.25) is 0 Å². The molecule has 9 heteroatoms. The number of aryl methyl sites for hydroxylation is 1. The van der Waals surface area contributed by atoms with Crippen molar-refractivity contribution in [2.24, 2.45) is 0 Å². The Morgan fingerprint density at radius 1 is 1.00 bits per heavy atom. The number of nitro benzene ring substituents is 1. The van der Waals surface area contributed by atoms with Gasteiger partial charge in [0.1, 0.15) is 11.5 Å². The number of hydroxylamine groups is 2.